The largest absolute Gasteiger partial charge is 0.0622 e. The van der Waals surface area contributed by atoms with E-state index >= 15 is 0 Å². The van der Waals surface area contributed by atoms with Crippen LogP contribution in [0.15, 0.2) is 72.8 Å². The molecular formula is C23H20. The highest BCUT2D eigenvalue weighted by Gasteiger charge is 2.21. The van der Waals surface area contributed by atoms with E-state index in [9.17, 15) is 0 Å². The van der Waals surface area contributed by atoms with Crippen molar-refractivity contribution in [2.75, 3.05) is 0 Å². The molecule has 0 bridgehead atoms. The van der Waals surface area contributed by atoms with Gasteiger partial charge in [0.15, 0.2) is 0 Å². The van der Waals surface area contributed by atoms with E-state index in [4.69, 9.17) is 0 Å². The number of rotatable bonds is 3. The molecule has 1 aliphatic carbocycles. The van der Waals surface area contributed by atoms with Crippen molar-refractivity contribution < 1.29 is 0 Å². The molecule has 23 heavy (non-hydrogen) atoms. The summed E-state index contributed by atoms with van der Waals surface area (Å²) in [4.78, 5) is 0. The average Bonchev–Trinajstić information content (AvgIpc) is 2.99. The zero-order chi connectivity index (χ0) is 15.6. The summed E-state index contributed by atoms with van der Waals surface area (Å²) in [6.07, 6.45) is 4.42. The standard InChI is InChI=1S/C23H20/c1-2-18(15-17-9-4-3-5-10-17)20-13-8-14-22-21-12-7-6-11-19(21)16-23(20)22/h3-15H,2,16H2,1H3. The molecule has 0 heterocycles. The van der Waals surface area contributed by atoms with E-state index in [1.165, 1.54) is 39.0 Å². The highest BCUT2D eigenvalue weighted by Crippen LogP contribution is 2.40. The lowest BCUT2D eigenvalue weighted by Crippen LogP contribution is -1.92. The molecule has 0 saturated heterocycles. The fourth-order valence-corrected chi connectivity index (χ4v) is 3.58. The zero-order valence-electron chi connectivity index (χ0n) is 13.4. The molecule has 0 nitrogen and oxygen atoms in total. The molecule has 0 spiro atoms. The molecule has 0 aliphatic heterocycles. The Labute approximate surface area is 138 Å². The van der Waals surface area contributed by atoms with Crippen LogP contribution in [0.5, 0.6) is 0 Å². The molecule has 0 heteroatoms. The van der Waals surface area contributed by atoms with Gasteiger partial charge >= 0.3 is 0 Å². The van der Waals surface area contributed by atoms with E-state index in [2.05, 4.69) is 85.8 Å². The van der Waals surface area contributed by atoms with Gasteiger partial charge in [0.25, 0.3) is 0 Å². The van der Waals surface area contributed by atoms with Crippen LogP contribution in [-0.2, 0) is 6.42 Å². The Hall–Kier alpha value is -2.60. The molecule has 0 unspecified atom stereocenters. The zero-order valence-corrected chi connectivity index (χ0v) is 13.4. The van der Waals surface area contributed by atoms with E-state index in [1.54, 1.807) is 0 Å². The van der Waals surface area contributed by atoms with Crippen LogP contribution in [0, 0.1) is 0 Å². The molecule has 3 aromatic carbocycles. The summed E-state index contributed by atoms with van der Waals surface area (Å²) in [5, 5.41) is 0. The minimum atomic E-state index is 1.04. The predicted molar refractivity (Wildman–Crippen MR) is 99.3 cm³/mol. The van der Waals surface area contributed by atoms with Crippen molar-refractivity contribution in [2.24, 2.45) is 0 Å². The topological polar surface area (TPSA) is 0 Å². The fourth-order valence-electron chi connectivity index (χ4n) is 3.58. The van der Waals surface area contributed by atoms with Crippen molar-refractivity contribution in [2.45, 2.75) is 19.8 Å². The molecule has 0 saturated carbocycles. The molecule has 0 radical (unpaired) electrons. The Bertz CT molecular complexity index is 870. The van der Waals surface area contributed by atoms with Gasteiger partial charge in [-0.3, -0.25) is 0 Å². The van der Waals surface area contributed by atoms with Crippen molar-refractivity contribution in [3.63, 3.8) is 0 Å². The Morgan fingerprint density at radius 3 is 2.39 bits per heavy atom. The monoisotopic (exact) mass is 296 g/mol. The van der Waals surface area contributed by atoms with Gasteiger partial charge in [0.1, 0.15) is 0 Å². The van der Waals surface area contributed by atoms with Gasteiger partial charge in [-0.15, -0.1) is 0 Å². The Balaban J connectivity index is 1.83. The fraction of sp³-hybridized carbons (Fsp3) is 0.130. The molecule has 0 N–H and O–H groups in total. The van der Waals surface area contributed by atoms with E-state index in [0.29, 0.717) is 0 Å². The van der Waals surface area contributed by atoms with Crippen LogP contribution in [0.2, 0.25) is 0 Å². The van der Waals surface area contributed by atoms with Gasteiger partial charge in [0.05, 0.1) is 0 Å². The van der Waals surface area contributed by atoms with Crippen LogP contribution < -0.4 is 0 Å². The van der Waals surface area contributed by atoms with Crippen molar-refractivity contribution >= 4 is 11.6 Å². The third-order valence-corrected chi connectivity index (χ3v) is 4.72. The molecule has 0 atom stereocenters. The highest BCUT2D eigenvalue weighted by molar-refractivity contribution is 5.88. The number of allylic oxidation sites excluding steroid dienone is 1. The molecule has 4 rings (SSSR count). The van der Waals surface area contributed by atoms with Gasteiger partial charge in [-0.05, 0) is 51.8 Å². The lowest BCUT2D eigenvalue weighted by molar-refractivity contribution is 1.20. The van der Waals surface area contributed by atoms with E-state index in [-0.39, 0.29) is 0 Å². The summed E-state index contributed by atoms with van der Waals surface area (Å²) in [5.41, 5.74) is 9.84. The molecule has 0 amide bonds. The minimum absolute atomic E-state index is 1.04. The lowest BCUT2D eigenvalue weighted by atomic mass is 9.93. The van der Waals surface area contributed by atoms with Crippen molar-refractivity contribution in [1.29, 1.82) is 0 Å². The van der Waals surface area contributed by atoms with E-state index < -0.39 is 0 Å². The second-order valence-corrected chi connectivity index (χ2v) is 6.10. The summed E-state index contributed by atoms with van der Waals surface area (Å²) in [6, 6.07) is 26.2. The van der Waals surface area contributed by atoms with Crippen molar-refractivity contribution in [1.82, 2.24) is 0 Å². The lowest BCUT2D eigenvalue weighted by Gasteiger charge is -2.12. The number of hydrogen-bond acceptors (Lipinski definition) is 0. The SMILES string of the molecule is CCC(=Cc1ccccc1)c1cccc2c1Cc1ccccc1-2. The molecule has 112 valence electrons. The van der Waals surface area contributed by atoms with Gasteiger partial charge in [-0.2, -0.15) is 0 Å². The highest BCUT2D eigenvalue weighted by atomic mass is 14.2. The third-order valence-electron chi connectivity index (χ3n) is 4.72. The quantitative estimate of drug-likeness (QED) is 0.394. The van der Waals surface area contributed by atoms with E-state index in [0.717, 1.165) is 12.8 Å². The van der Waals surface area contributed by atoms with E-state index in [1.807, 2.05) is 0 Å². The number of hydrogen-bond donors (Lipinski definition) is 0. The summed E-state index contributed by atoms with van der Waals surface area (Å²) in [5.74, 6) is 0. The van der Waals surface area contributed by atoms with Crippen molar-refractivity contribution in [3.8, 4) is 11.1 Å². The Morgan fingerprint density at radius 1 is 0.826 bits per heavy atom. The third kappa shape index (κ3) is 2.51. The van der Waals surface area contributed by atoms with Crippen LogP contribution >= 0.6 is 0 Å². The second-order valence-electron chi connectivity index (χ2n) is 6.10. The normalized spacial score (nSPS) is 12.8. The summed E-state index contributed by atoms with van der Waals surface area (Å²) < 4.78 is 0. The van der Waals surface area contributed by atoms with Crippen LogP contribution in [0.1, 0.15) is 35.6 Å². The maximum absolute atomic E-state index is 2.33. The van der Waals surface area contributed by atoms with Crippen LogP contribution in [0.4, 0.5) is 0 Å². The summed E-state index contributed by atoms with van der Waals surface area (Å²) in [7, 11) is 0. The first-order chi connectivity index (χ1) is 11.4. The second kappa shape index (κ2) is 5.89. The Kier molecular flexibility index (Phi) is 3.59. The minimum Gasteiger partial charge on any atom is -0.0622 e. The first-order valence-electron chi connectivity index (χ1n) is 8.33. The number of benzene rings is 3. The predicted octanol–water partition coefficient (Wildman–Crippen LogP) is 6.21. The van der Waals surface area contributed by atoms with Crippen molar-refractivity contribution in [3.05, 3.63) is 95.1 Å². The van der Waals surface area contributed by atoms with Gasteiger partial charge in [-0.1, -0.05) is 85.8 Å². The molecule has 1 aliphatic rings. The molecular weight excluding hydrogens is 276 g/mol. The smallest absolute Gasteiger partial charge is 0.000740 e. The molecule has 0 fully saturated rings. The Morgan fingerprint density at radius 2 is 1.57 bits per heavy atom. The van der Waals surface area contributed by atoms with Crippen LogP contribution in [0.3, 0.4) is 0 Å². The van der Waals surface area contributed by atoms with Gasteiger partial charge in [0, 0.05) is 0 Å². The maximum atomic E-state index is 2.33. The van der Waals surface area contributed by atoms with Crippen LogP contribution in [-0.4, -0.2) is 0 Å². The first kappa shape index (κ1) is 14.0. The molecule has 3 aromatic rings. The first-order valence-corrected chi connectivity index (χ1v) is 8.33. The maximum Gasteiger partial charge on any atom is -0.000740 e. The van der Waals surface area contributed by atoms with Gasteiger partial charge in [-0.25, -0.2) is 0 Å². The summed E-state index contributed by atoms with van der Waals surface area (Å²) >= 11 is 0. The number of fused-ring (bicyclic) bond motifs is 3. The average molecular weight is 296 g/mol. The summed E-state index contributed by atoms with van der Waals surface area (Å²) in [6.45, 7) is 2.25. The van der Waals surface area contributed by atoms with Gasteiger partial charge in [0.2, 0.25) is 0 Å². The van der Waals surface area contributed by atoms with Gasteiger partial charge < -0.3 is 0 Å². The molecule has 0 aromatic heterocycles. The van der Waals surface area contributed by atoms with Crippen LogP contribution in [0.25, 0.3) is 22.8 Å².